The number of esters is 1. The molecule has 5 nitrogen and oxygen atoms in total. The minimum atomic E-state index is -0.344. The van der Waals surface area contributed by atoms with Crippen LogP contribution in [0.25, 0.3) is 6.08 Å². The quantitative estimate of drug-likeness (QED) is 0.280. The van der Waals surface area contributed by atoms with Crippen molar-refractivity contribution in [3.63, 3.8) is 0 Å². The van der Waals surface area contributed by atoms with Gasteiger partial charge in [0.1, 0.15) is 6.61 Å². The first kappa shape index (κ1) is 25.7. The van der Waals surface area contributed by atoms with Gasteiger partial charge in [0, 0.05) is 17.7 Å². The summed E-state index contributed by atoms with van der Waals surface area (Å²) in [5.74, 6) is -0.906. The topological polar surface area (TPSA) is 63.7 Å². The van der Waals surface area contributed by atoms with Crippen molar-refractivity contribution in [2.75, 3.05) is 4.90 Å². The molecule has 0 N–H and O–H groups in total. The first-order chi connectivity index (χ1) is 16.4. The Hall–Kier alpha value is -4.51. The fourth-order valence-electron chi connectivity index (χ4n) is 2.67. The van der Waals surface area contributed by atoms with Crippen LogP contribution in [0.3, 0.4) is 0 Å². The Kier molecular flexibility index (Phi) is 10.5. The van der Waals surface area contributed by atoms with Gasteiger partial charge >= 0.3 is 5.97 Å². The molecule has 4 rings (SSSR count). The van der Waals surface area contributed by atoms with Crippen LogP contribution < -0.4 is 4.90 Å². The van der Waals surface area contributed by atoms with Crippen LogP contribution in [-0.4, -0.2) is 17.8 Å². The van der Waals surface area contributed by atoms with E-state index in [1.807, 2.05) is 72.8 Å². The molecule has 0 saturated heterocycles. The van der Waals surface area contributed by atoms with Crippen molar-refractivity contribution in [2.24, 2.45) is 0 Å². The Morgan fingerprint density at radius 1 is 0.824 bits per heavy atom. The van der Waals surface area contributed by atoms with E-state index in [2.05, 4.69) is 13.2 Å². The highest BCUT2D eigenvalue weighted by Gasteiger charge is 2.24. The SMILES string of the molecule is C=C(C)C(=O)OCc1ccccc1.C=Cc1ccccc1.O=C1C=CC(=O)N1c1ccccc1. The van der Waals surface area contributed by atoms with Gasteiger partial charge < -0.3 is 4.74 Å². The summed E-state index contributed by atoms with van der Waals surface area (Å²) in [7, 11) is 0. The summed E-state index contributed by atoms with van der Waals surface area (Å²) < 4.78 is 4.95. The van der Waals surface area contributed by atoms with Crippen LogP contribution in [0, 0.1) is 0 Å². The van der Waals surface area contributed by atoms with Crippen molar-refractivity contribution in [3.05, 3.63) is 133 Å². The summed E-state index contributed by atoms with van der Waals surface area (Å²) in [6.45, 7) is 9.07. The predicted molar refractivity (Wildman–Crippen MR) is 136 cm³/mol. The highest BCUT2D eigenvalue weighted by atomic mass is 16.5. The molecule has 1 aliphatic rings. The number of imide groups is 1. The molecule has 0 unspecified atom stereocenters. The predicted octanol–water partition coefficient (Wildman–Crippen LogP) is 5.75. The van der Waals surface area contributed by atoms with Gasteiger partial charge in [0.05, 0.1) is 5.69 Å². The maximum atomic E-state index is 11.2. The number of carbonyl (C=O) groups excluding carboxylic acids is 3. The highest BCUT2D eigenvalue weighted by Crippen LogP contribution is 2.17. The molecule has 2 amide bonds. The van der Waals surface area contributed by atoms with E-state index in [0.29, 0.717) is 17.9 Å². The Morgan fingerprint density at radius 2 is 1.29 bits per heavy atom. The standard InChI is InChI=1S/C11H12O2.C10H7NO2.C8H8/c1-9(2)11(12)13-8-10-6-4-3-5-7-10;12-9-6-7-10(13)11(9)8-4-2-1-3-5-8;1-2-8-6-4-3-5-7-8/h3-7H,1,8H2,2H3;1-7H;2-7H,1H2. The third kappa shape index (κ3) is 8.55. The molecular weight excluding hydrogens is 426 g/mol. The van der Waals surface area contributed by atoms with Gasteiger partial charge in [0.15, 0.2) is 0 Å². The molecule has 3 aromatic carbocycles. The summed E-state index contributed by atoms with van der Waals surface area (Å²) in [6, 6.07) is 28.4. The number of ether oxygens (including phenoxy) is 1. The average Bonchev–Trinajstić information content (AvgIpc) is 3.22. The second-order valence-electron chi connectivity index (χ2n) is 7.14. The number of nitrogens with zero attached hydrogens (tertiary/aromatic N) is 1. The van der Waals surface area contributed by atoms with E-state index in [9.17, 15) is 14.4 Å². The second-order valence-corrected chi connectivity index (χ2v) is 7.14. The number of carbonyl (C=O) groups is 3. The van der Waals surface area contributed by atoms with Crippen LogP contribution in [0.2, 0.25) is 0 Å². The zero-order chi connectivity index (χ0) is 24.8. The number of hydrogen-bond acceptors (Lipinski definition) is 4. The fourth-order valence-corrected chi connectivity index (χ4v) is 2.67. The average molecular weight is 454 g/mol. The van der Waals surface area contributed by atoms with Crippen LogP contribution in [-0.2, 0) is 25.7 Å². The summed E-state index contributed by atoms with van der Waals surface area (Å²) >= 11 is 0. The highest BCUT2D eigenvalue weighted by molar-refractivity contribution is 6.28. The Bertz CT molecular complexity index is 1120. The van der Waals surface area contributed by atoms with Crippen molar-refractivity contribution in [1.82, 2.24) is 0 Å². The number of para-hydroxylation sites is 1. The number of rotatable bonds is 5. The molecular formula is C29H27NO4. The summed E-state index contributed by atoms with van der Waals surface area (Å²) in [6.07, 6.45) is 4.38. The summed E-state index contributed by atoms with van der Waals surface area (Å²) in [5.41, 5.74) is 3.20. The number of benzene rings is 3. The van der Waals surface area contributed by atoms with Crippen LogP contribution in [0.15, 0.2) is 122 Å². The lowest BCUT2D eigenvalue weighted by atomic mass is 10.2. The maximum absolute atomic E-state index is 11.2. The maximum Gasteiger partial charge on any atom is 0.333 e. The summed E-state index contributed by atoms with van der Waals surface area (Å²) in [4.78, 5) is 34.5. The van der Waals surface area contributed by atoms with E-state index < -0.39 is 0 Å². The van der Waals surface area contributed by atoms with E-state index in [0.717, 1.165) is 10.5 Å². The van der Waals surface area contributed by atoms with Gasteiger partial charge in [-0.1, -0.05) is 98.1 Å². The van der Waals surface area contributed by atoms with E-state index in [1.54, 1.807) is 31.2 Å². The van der Waals surface area contributed by atoms with E-state index >= 15 is 0 Å². The lowest BCUT2D eigenvalue weighted by Gasteiger charge is -2.12. The zero-order valence-corrected chi connectivity index (χ0v) is 19.1. The van der Waals surface area contributed by atoms with Crippen LogP contribution in [0.5, 0.6) is 0 Å². The van der Waals surface area contributed by atoms with Crippen molar-refractivity contribution < 1.29 is 19.1 Å². The lowest BCUT2D eigenvalue weighted by Crippen LogP contribution is -2.29. The van der Waals surface area contributed by atoms with Crippen LogP contribution in [0.4, 0.5) is 5.69 Å². The summed E-state index contributed by atoms with van der Waals surface area (Å²) in [5, 5.41) is 0. The molecule has 0 atom stereocenters. The van der Waals surface area contributed by atoms with Crippen molar-refractivity contribution >= 4 is 29.5 Å². The normalized spacial score (nSPS) is 11.5. The number of hydrogen-bond donors (Lipinski definition) is 0. The monoisotopic (exact) mass is 453 g/mol. The molecule has 0 spiro atoms. The minimum absolute atomic E-state index is 0.281. The van der Waals surface area contributed by atoms with Crippen molar-refractivity contribution in [2.45, 2.75) is 13.5 Å². The van der Waals surface area contributed by atoms with E-state index in [-0.39, 0.29) is 17.8 Å². The molecule has 172 valence electrons. The molecule has 1 heterocycles. The van der Waals surface area contributed by atoms with Gasteiger partial charge in [0.2, 0.25) is 0 Å². The van der Waals surface area contributed by atoms with Gasteiger partial charge in [-0.3, -0.25) is 9.59 Å². The third-order valence-corrected chi connectivity index (χ3v) is 4.42. The molecule has 3 aromatic rings. The Labute approximate surface area is 200 Å². The molecule has 0 bridgehead atoms. The molecule has 0 saturated carbocycles. The fraction of sp³-hybridized carbons (Fsp3) is 0.0690. The van der Waals surface area contributed by atoms with Crippen molar-refractivity contribution in [3.8, 4) is 0 Å². The first-order valence-electron chi connectivity index (χ1n) is 10.6. The molecule has 1 aliphatic heterocycles. The smallest absolute Gasteiger partial charge is 0.333 e. The lowest BCUT2D eigenvalue weighted by molar-refractivity contribution is -0.140. The van der Waals surface area contributed by atoms with Gasteiger partial charge in [-0.2, -0.15) is 0 Å². The minimum Gasteiger partial charge on any atom is -0.457 e. The molecule has 0 aromatic heterocycles. The van der Waals surface area contributed by atoms with Gasteiger partial charge in [-0.15, -0.1) is 0 Å². The van der Waals surface area contributed by atoms with E-state index in [4.69, 9.17) is 4.74 Å². The first-order valence-corrected chi connectivity index (χ1v) is 10.6. The number of anilines is 1. The Morgan fingerprint density at radius 3 is 1.74 bits per heavy atom. The second kappa shape index (κ2) is 13.8. The van der Waals surface area contributed by atoms with Gasteiger partial charge in [-0.25, -0.2) is 9.69 Å². The largest absolute Gasteiger partial charge is 0.457 e. The zero-order valence-electron chi connectivity index (χ0n) is 19.1. The molecule has 5 heteroatoms. The van der Waals surface area contributed by atoms with Crippen molar-refractivity contribution in [1.29, 1.82) is 0 Å². The third-order valence-electron chi connectivity index (χ3n) is 4.42. The molecule has 0 fully saturated rings. The molecule has 0 aliphatic carbocycles. The van der Waals surface area contributed by atoms with E-state index in [1.165, 1.54) is 17.7 Å². The van der Waals surface area contributed by atoms with Gasteiger partial charge in [-0.05, 0) is 30.2 Å². The van der Waals surface area contributed by atoms with Crippen LogP contribution >= 0.6 is 0 Å². The van der Waals surface area contributed by atoms with Crippen LogP contribution in [0.1, 0.15) is 18.1 Å². The molecule has 0 radical (unpaired) electrons. The number of amides is 2. The van der Waals surface area contributed by atoms with Gasteiger partial charge in [0.25, 0.3) is 11.8 Å². The Balaban J connectivity index is 0.000000186. The molecule has 34 heavy (non-hydrogen) atoms.